The van der Waals surface area contributed by atoms with Crippen LogP contribution in [0.3, 0.4) is 0 Å². The van der Waals surface area contributed by atoms with Gasteiger partial charge in [0.2, 0.25) is 0 Å². The van der Waals surface area contributed by atoms with E-state index in [1.54, 1.807) is 10.9 Å². The second kappa shape index (κ2) is 7.54. The van der Waals surface area contributed by atoms with E-state index >= 15 is 0 Å². The molecule has 2 heterocycles. The number of hydrogen-bond acceptors (Lipinski definition) is 6. The third kappa shape index (κ3) is 3.33. The number of allylic oxidation sites excluding steroid dienone is 2. The van der Waals surface area contributed by atoms with Crippen molar-refractivity contribution in [2.24, 2.45) is 11.7 Å². The van der Waals surface area contributed by atoms with Crippen LogP contribution in [0.25, 0.3) is 5.57 Å². The lowest BCUT2D eigenvalue weighted by Crippen LogP contribution is -2.28. The number of carbonyl (C=O) groups excluding carboxylic acids is 1. The minimum absolute atomic E-state index is 0.0587. The summed E-state index contributed by atoms with van der Waals surface area (Å²) in [6.07, 6.45) is 4.26. The number of aromatic nitrogens is 2. The molecule has 2 aromatic rings. The van der Waals surface area contributed by atoms with E-state index in [-0.39, 0.29) is 17.5 Å². The van der Waals surface area contributed by atoms with Crippen LogP contribution in [0.1, 0.15) is 60.6 Å². The first-order valence-electron chi connectivity index (χ1n) is 10.0. The van der Waals surface area contributed by atoms with E-state index in [0.717, 1.165) is 47.1 Å². The topological polar surface area (TPSA) is 126 Å². The fourth-order valence-electron chi connectivity index (χ4n) is 4.26. The van der Waals surface area contributed by atoms with Crippen LogP contribution in [0, 0.1) is 24.2 Å². The van der Waals surface area contributed by atoms with Crippen molar-refractivity contribution in [3.05, 3.63) is 40.5 Å². The van der Waals surface area contributed by atoms with Crippen LogP contribution in [0.2, 0.25) is 0 Å². The van der Waals surface area contributed by atoms with Gasteiger partial charge in [-0.05, 0) is 68.8 Å². The first-order chi connectivity index (χ1) is 14.3. The van der Waals surface area contributed by atoms with Gasteiger partial charge in [-0.3, -0.25) is 9.48 Å². The zero-order chi connectivity index (χ0) is 21.6. The van der Waals surface area contributed by atoms with Crippen molar-refractivity contribution in [1.29, 1.82) is 5.26 Å². The second-order valence-corrected chi connectivity index (χ2v) is 8.04. The van der Waals surface area contributed by atoms with Crippen LogP contribution in [0.5, 0.6) is 5.75 Å². The molecule has 154 valence electrons. The van der Waals surface area contributed by atoms with Gasteiger partial charge in [-0.2, -0.15) is 10.4 Å². The zero-order valence-electron chi connectivity index (χ0n) is 17.3. The number of nitrogens with one attached hydrogen (secondary N) is 1. The largest absolute Gasteiger partial charge is 0.555 e. The molecule has 1 aromatic carbocycles. The molecule has 8 nitrogen and oxygen atoms in total. The van der Waals surface area contributed by atoms with Crippen molar-refractivity contribution in [2.45, 2.75) is 46.1 Å². The average molecular weight is 405 g/mol. The summed E-state index contributed by atoms with van der Waals surface area (Å²) in [6.45, 7) is 5.67. The lowest BCUT2D eigenvalue weighted by molar-refractivity contribution is 0.100. The van der Waals surface area contributed by atoms with E-state index < -0.39 is 13.0 Å². The predicted octanol–water partition coefficient (Wildman–Crippen LogP) is 3.10. The monoisotopic (exact) mass is 405 g/mol. The molecule has 9 heteroatoms. The fourth-order valence-corrected chi connectivity index (χ4v) is 4.26. The van der Waals surface area contributed by atoms with Crippen LogP contribution in [0.15, 0.2) is 23.8 Å². The van der Waals surface area contributed by atoms with Gasteiger partial charge in [-0.15, -0.1) is 0 Å². The highest BCUT2D eigenvalue weighted by Crippen LogP contribution is 2.40. The van der Waals surface area contributed by atoms with E-state index in [1.165, 1.54) is 0 Å². The predicted molar refractivity (Wildman–Crippen MR) is 114 cm³/mol. The Kier molecular flexibility index (Phi) is 5.04. The lowest BCUT2D eigenvalue weighted by atomic mass is 9.73. The van der Waals surface area contributed by atoms with E-state index in [4.69, 9.17) is 10.4 Å². The Morgan fingerprint density at radius 1 is 1.40 bits per heavy atom. The van der Waals surface area contributed by atoms with Gasteiger partial charge in [-0.25, -0.2) is 0 Å². The number of benzene rings is 1. The average Bonchev–Trinajstić information content (AvgIpc) is 3.34. The molecule has 0 bridgehead atoms. The van der Waals surface area contributed by atoms with Crippen molar-refractivity contribution in [3.8, 4) is 11.8 Å². The summed E-state index contributed by atoms with van der Waals surface area (Å²) < 4.78 is 7.35. The van der Waals surface area contributed by atoms with Crippen molar-refractivity contribution in [1.82, 2.24) is 9.78 Å². The smallest absolute Gasteiger partial charge is 0.532 e. The molecule has 4 N–H and O–H groups in total. The first kappa shape index (κ1) is 20.0. The van der Waals surface area contributed by atoms with Crippen LogP contribution in [0.4, 0.5) is 11.5 Å². The molecule has 2 atom stereocenters. The summed E-state index contributed by atoms with van der Waals surface area (Å²) in [5.74, 6) is 0.298. The molecule has 30 heavy (non-hydrogen) atoms. The number of nitriles is 1. The minimum atomic E-state index is -0.952. The second-order valence-electron chi connectivity index (χ2n) is 8.04. The third-order valence-electron chi connectivity index (χ3n) is 6.12. The van der Waals surface area contributed by atoms with Crippen LogP contribution in [-0.4, -0.2) is 27.8 Å². The first-order valence-corrected chi connectivity index (χ1v) is 10.0. The molecule has 0 saturated heterocycles. The van der Waals surface area contributed by atoms with E-state index in [2.05, 4.69) is 16.5 Å². The molecule has 2 unspecified atom stereocenters. The number of amides is 1. The number of carbonyl (C=O) groups is 1. The van der Waals surface area contributed by atoms with Crippen LogP contribution < -0.4 is 15.7 Å². The molecule has 4 rings (SSSR count). The van der Waals surface area contributed by atoms with Gasteiger partial charge in [-0.1, -0.05) is 0 Å². The molecule has 1 aliphatic carbocycles. The molecule has 1 fully saturated rings. The van der Waals surface area contributed by atoms with Crippen LogP contribution in [-0.2, 0) is 0 Å². The summed E-state index contributed by atoms with van der Waals surface area (Å²) in [4.78, 5) is 12.0. The fraction of sp³-hybridized carbons (Fsp3) is 0.381. The SMILES string of the molecule is CC1=C(C)c2cc(Nc3nn(C4CCCC4C#N)cc3C(N)=O)cc(C)c2OB1O. The molecule has 2 aliphatic rings. The minimum Gasteiger partial charge on any atom is -0.532 e. The molecular formula is C21H24BN5O3. The van der Waals surface area contributed by atoms with Crippen LogP contribution >= 0.6 is 0 Å². The number of anilines is 2. The molecule has 1 aliphatic heterocycles. The Hall–Kier alpha value is -3.25. The van der Waals surface area contributed by atoms with Gasteiger partial charge in [0.05, 0.1) is 18.0 Å². The van der Waals surface area contributed by atoms with Gasteiger partial charge >= 0.3 is 7.12 Å². The number of primary amides is 1. The van der Waals surface area contributed by atoms with Gasteiger partial charge in [0.15, 0.2) is 5.82 Å². The maximum atomic E-state index is 12.0. The Balaban J connectivity index is 1.71. The summed E-state index contributed by atoms with van der Waals surface area (Å²) in [7, 11) is -0.952. The molecule has 1 saturated carbocycles. The summed E-state index contributed by atoms with van der Waals surface area (Å²) in [5.41, 5.74) is 10.0. The Morgan fingerprint density at radius 3 is 2.87 bits per heavy atom. The molecule has 1 aromatic heterocycles. The summed E-state index contributed by atoms with van der Waals surface area (Å²) in [6, 6.07) is 6.06. The van der Waals surface area contributed by atoms with Gasteiger partial charge < -0.3 is 20.7 Å². The van der Waals surface area contributed by atoms with Gasteiger partial charge in [0, 0.05) is 17.4 Å². The normalized spacial score (nSPS) is 20.6. The lowest BCUT2D eigenvalue weighted by Gasteiger charge is -2.25. The number of hydrogen-bond donors (Lipinski definition) is 3. The van der Waals surface area contributed by atoms with E-state index in [9.17, 15) is 15.1 Å². The highest BCUT2D eigenvalue weighted by Gasteiger charge is 2.32. The summed E-state index contributed by atoms with van der Waals surface area (Å²) in [5, 5.41) is 27.3. The third-order valence-corrected chi connectivity index (χ3v) is 6.12. The van der Waals surface area contributed by atoms with Crippen molar-refractivity contribution in [3.63, 3.8) is 0 Å². The maximum absolute atomic E-state index is 12.0. The van der Waals surface area contributed by atoms with Crippen molar-refractivity contribution < 1.29 is 14.5 Å². The Bertz CT molecular complexity index is 1100. The standard InChI is InChI=1S/C21H24BN5O3/c1-11-7-15(8-16-12(2)13(3)22(29)30-19(11)16)25-21-17(20(24)28)10-27(26-21)18-6-4-5-14(18)9-23/h7-8,10,14,18,29H,4-6H2,1-3H3,(H2,24,28)(H,25,26). The number of aryl methyl sites for hydroxylation is 1. The Morgan fingerprint density at radius 2 is 2.17 bits per heavy atom. The van der Waals surface area contributed by atoms with Crippen molar-refractivity contribution >= 4 is 30.1 Å². The van der Waals surface area contributed by atoms with E-state index in [1.807, 2.05) is 32.9 Å². The van der Waals surface area contributed by atoms with Gasteiger partial charge in [0.1, 0.15) is 11.3 Å². The highest BCUT2D eigenvalue weighted by atomic mass is 16.5. The Labute approximate surface area is 175 Å². The number of nitrogens with zero attached hydrogens (tertiary/aromatic N) is 3. The molecule has 0 radical (unpaired) electrons. The molecule has 1 amide bonds. The van der Waals surface area contributed by atoms with E-state index in [0.29, 0.717) is 11.6 Å². The quantitative estimate of drug-likeness (QED) is 0.671. The molecule has 0 spiro atoms. The number of rotatable bonds is 4. The number of nitrogens with two attached hydrogens (primary N) is 1. The van der Waals surface area contributed by atoms with Crippen molar-refractivity contribution in [2.75, 3.05) is 5.32 Å². The molecular weight excluding hydrogens is 381 g/mol. The summed E-state index contributed by atoms with van der Waals surface area (Å²) >= 11 is 0. The highest BCUT2D eigenvalue weighted by molar-refractivity contribution is 6.55. The number of fused-ring (bicyclic) bond motifs is 1. The zero-order valence-corrected chi connectivity index (χ0v) is 17.3. The maximum Gasteiger partial charge on any atom is 0.555 e. The van der Waals surface area contributed by atoms with Gasteiger partial charge in [0.25, 0.3) is 5.91 Å².